The van der Waals surface area contributed by atoms with Crippen molar-refractivity contribution in [2.24, 2.45) is 5.92 Å². The summed E-state index contributed by atoms with van der Waals surface area (Å²) in [6.07, 6.45) is 2.37. The number of nitrogens with zero attached hydrogens (tertiary/aromatic N) is 2. The lowest BCUT2D eigenvalue weighted by Crippen LogP contribution is -2.47. The topological polar surface area (TPSA) is 113 Å². The van der Waals surface area contributed by atoms with Gasteiger partial charge in [0.25, 0.3) is 5.91 Å². The first kappa shape index (κ1) is 35.1. The van der Waals surface area contributed by atoms with Crippen molar-refractivity contribution in [2.45, 2.75) is 84.7 Å². The number of amides is 3. The molecule has 3 N–H and O–H groups in total. The number of methoxy groups -OCH3 is 1. The van der Waals surface area contributed by atoms with Crippen LogP contribution in [0.1, 0.15) is 69.8 Å². The fraction of sp³-hybridized carbons (Fsp3) is 0.588. The zero-order valence-electron chi connectivity index (χ0n) is 27.5. The van der Waals surface area contributed by atoms with E-state index in [9.17, 15) is 14.7 Å². The zero-order chi connectivity index (χ0) is 32.2. The molecule has 1 aliphatic heterocycles. The third-order valence-electron chi connectivity index (χ3n) is 7.83. The lowest BCUT2D eigenvalue weighted by Gasteiger charge is -2.36. The Morgan fingerprint density at radius 1 is 1.14 bits per heavy atom. The molecule has 0 bridgehead atoms. The van der Waals surface area contributed by atoms with E-state index >= 15 is 0 Å². The van der Waals surface area contributed by atoms with Crippen molar-refractivity contribution in [3.8, 4) is 11.5 Å². The predicted octanol–water partition coefficient (Wildman–Crippen LogP) is 5.15. The van der Waals surface area contributed by atoms with Gasteiger partial charge in [0.2, 0.25) is 0 Å². The van der Waals surface area contributed by atoms with Gasteiger partial charge in [-0.15, -0.1) is 0 Å². The van der Waals surface area contributed by atoms with Gasteiger partial charge < -0.3 is 34.9 Å². The molecule has 3 amide bonds. The van der Waals surface area contributed by atoms with Crippen LogP contribution in [0.5, 0.6) is 11.5 Å². The second kappa shape index (κ2) is 17.2. The number of urea groups is 1. The molecule has 4 atom stereocenters. The van der Waals surface area contributed by atoms with E-state index in [4.69, 9.17) is 14.2 Å². The molecule has 0 fully saturated rings. The van der Waals surface area contributed by atoms with E-state index in [2.05, 4.69) is 41.6 Å². The SMILES string of the molecule is COc1ccc(CN(C)C[C@@H]2OCCCC[C@@H](C)Oc3ccc(NC(=O)NC(C)C)cc3C(=O)N([C@@H](C)CO)C[C@@H]2C)cc1. The first-order valence-electron chi connectivity index (χ1n) is 15.7. The van der Waals surface area contributed by atoms with Crippen molar-refractivity contribution < 1.29 is 28.9 Å². The first-order valence-corrected chi connectivity index (χ1v) is 15.7. The minimum atomic E-state index is -0.443. The Morgan fingerprint density at radius 3 is 2.52 bits per heavy atom. The molecule has 0 radical (unpaired) electrons. The number of carbonyl (C=O) groups is 2. The van der Waals surface area contributed by atoms with Gasteiger partial charge in [-0.2, -0.15) is 0 Å². The molecule has 244 valence electrons. The molecular formula is C34H52N4O6. The predicted molar refractivity (Wildman–Crippen MR) is 173 cm³/mol. The molecule has 0 spiro atoms. The summed E-state index contributed by atoms with van der Waals surface area (Å²) in [5, 5.41) is 15.8. The van der Waals surface area contributed by atoms with Crippen LogP contribution < -0.4 is 20.1 Å². The fourth-order valence-electron chi connectivity index (χ4n) is 5.31. The number of likely N-dealkylation sites (N-methyl/N-ethyl adjacent to an activating group) is 1. The summed E-state index contributed by atoms with van der Waals surface area (Å²) < 4.78 is 18.1. The Bertz CT molecular complexity index is 1190. The Hall–Kier alpha value is -3.34. The molecule has 1 aliphatic rings. The normalized spacial score (nSPS) is 20.8. The van der Waals surface area contributed by atoms with Gasteiger partial charge in [0.15, 0.2) is 0 Å². The minimum absolute atomic E-state index is 0.0318. The Morgan fingerprint density at radius 2 is 1.86 bits per heavy atom. The highest BCUT2D eigenvalue weighted by Gasteiger charge is 2.30. The molecule has 10 heteroatoms. The first-order chi connectivity index (χ1) is 21.0. The molecule has 10 nitrogen and oxygen atoms in total. The van der Waals surface area contributed by atoms with Gasteiger partial charge >= 0.3 is 6.03 Å². The highest BCUT2D eigenvalue weighted by molar-refractivity contribution is 5.99. The van der Waals surface area contributed by atoms with E-state index in [1.54, 1.807) is 30.2 Å². The number of fused-ring (bicyclic) bond motifs is 1. The number of anilines is 1. The maximum Gasteiger partial charge on any atom is 0.319 e. The van der Waals surface area contributed by atoms with Gasteiger partial charge in [0.05, 0.1) is 37.5 Å². The standard InChI is InChI=1S/C34H52N4O6/c1-23(2)35-34(41)36-28-13-16-31-30(18-28)33(40)38(25(4)22-39)19-24(3)32(43-17-9-8-10-26(5)44-31)21-37(6)20-27-11-14-29(42-7)15-12-27/h11-16,18,23-26,32,39H,8-10,17,19-22H2,1-7H3,(H2,35,36,41)/t24-,25-,26+,32-/m0/s1. The van der Waals surface area contributed by atoms with Gasteiger partial charge in [-0.1, -0.05) is 19.1 Å². The van der Waals surface area contributed by atoms with Crippen LogP contribution in [0.3, 0.4) is 0 Å². The van der Waals surface area contributed by atoms with Crippen LogP contribution in [0, 0.1) is 5.92 Å². The lowest BCUT2D eigenvalue weighted by atomic mass is 10.0. The van der Waals surface area contributed by atoms with E-state index in [1.807, 2.05) is 39.8 Å². The number of aliphatic hydroxyl groups excluding tert-OH is 1. The molecule has 2 aromatic carbocycles. The molecule has 0 unspecified atom stereocenters. The molecule has 0 aromatic heterocycles. The molecule has 0 aliphatic carbocycles. The number of rotatable bonds is 9. The number of ether oxygens (including phenoxy) is 3. The second-order valence-corrected chi connectivity index (χ2v) is 12.3. The van der Waals surface area contributed by atoms with Gasteiger partial charge in [-0.05, 0) is 89.9 Å². The smallest absolute Gasteiger partial charge is 0.319 e. The fourth-order valence-corrected chi connectivity index (χ4v) is 5.31. The van der Waals surface area contributed by atoms with Crippen LogP contribution in [0.15, 0.2) is 42.5 Å². The summed E-state index contributed by atoms with van der Waals surface area (Å²) in [7, 11) is 3.73. The third kappa shape index (κ3) is 10.7. The highest BCUT2D eigenvalue weighted by atomic mass is 16.5. The number of carbonyl (C=O) groups excluding carboxylic acids is 2. The summed E-state index contributed by atoms with van der Waals surface area (Å²) in [6.45, 7) is 11.9. The van der Waals surface area contributed by atoms with E-state index < -0.39 is 6.04 Å². The largest absolute Gasteiger partial charge is 0.497 e. The Labute approximate surface area is 263 Å². The van der Waals surface area contributed by atoms with Crippen LogP contribution in [-0.4, -0.2) is 91.6 Å². The minimum Gasteiger partial charge on any atom is -0.497 e. The van der Waals surface area contributed by atoms with Crippen molar-refractivity contribution >= 4 is 17.6 Å². The number of benzene rings is 2. The average molecular weight is 613 g/mol. The zero-order valence-corrected chi connectivity index (χ0v) is 27.5. The molecule has 0 saturated carbocycles. The maximum absolute atomic E-state index is 14.2. The van der Waals surface area contributed by atoms with E-state index in [0.29, 0.717) is 36.7 Å². The molecular weight excluding hydrogens is 560 g/mol. The number of hydrogen-bond donors (Lipinski definition) is 3. The third-order valence-corrected chi connectivity index (χ3v) is 7.83. The molecule has 44 heavy (non-hydrogen) atoms. The van der Waals surface area contributed by atoms with Crippen molar-refractivity contribution in [1.82, 2.24) is 15.1 Å². The van der Waals surface area contributed by atoms with Crippen molar-refractivity contribution in [3.63, 3.8) is 0 Å². The van der Waals surface area contributed by atoms with Crippen LogP contribution in [0.2, 0.25) is 0 Å². The van der Waals surface area contributed by atoms with Crippen LogP contribution >= 0.6 is 0 Å². The quantitative estimate of drug-likeness (QED) is 0.359. The summed E-state index contributed by atoms with van der Waals surface area (Å²) in [6, 6.07) is 12.4. The highest BCUT2D eigenvalue weighted by Crippen LogP contribution is 2.28. The van der Waals surface area contributed by atoms with Crippen molar-refractivity contribution in [2.75, 3.05) is 45.8 Å². The molecule has 0 saturated heterocycles. The Kier molecular flexibility index (Phi) is 13.8. The monoisotopic (exact) mass is 612 g/mol. The van der Waals surface area contributed by atoms with Crippen LogP contribution in [0.25, 0.3) is 0 Å². The molecule has 3 rings (SSSR count). The van der Waals surface area contributed by atoms with E-state index in [0.717, 1.165) is 31.6 Å². The second-order valence-electron chi connectivity index (χ2n) is 12.3. The Balaban J connectivity index is 1.88. The maximum atomic E-state index is 14.2. The average Bonchev–Trinajstić information content (AvgIpc) is 2.98. The van der Waals surface area contributed by atoms with Gasteiger partial charge in [-0.3, -0.25) is 9.69 Å². The summed E-state index contributed by atoms with van der Waals surface area (Å²) in [4.78, 5) is 30.6. The molecule has 2 aromatic rings. The van der Waals surface area contributed by atoms with Crippen LogP contribution in [0.4, 0.5) is 10.5 Å². The van der Waals surface area contributed by atoms with Gasteiger partial charge in [-0.25, -0.2) is 4.79 Å². The summed E-state index contributed by atoms with van der Waals surface area (Å²) >= 11 is 0. The number of aliphatic hydroxyl groups is 1. The van der Waals surface area contributed by atoms with Gasteiger partial charge in [0.1, 0.15) is 11.5 Å². The van der Waals surface area contributed by atoms with Crippen molar-refractivity contribution in [3.05, 3.63) is 53.6 Å². The van der Waals surface area contributed by atoms with E-state index in [1.165, 1.54) is 5.56 Å². The lowest BCUT2D eigenvalue weighted by molar-refractivity contribution is -0.0177. The number of hydrogen-bond acceptors (Lipinski definition) is 7. The molecule has 1 heterocycles. The van der Waals surface area contributed by atoms with Gasteiger partial charge in [0, 0.05) is 43.9 Å². The van der Waals surface area contributed by atoms with Crippen LogP contribution in [-0.2, 0) is 11.3 Å². The number of nitrogens with one attached hydrogen (secondary N) is 2. The van der Waals surface area contributed by atoms with Crippen molar-refractivity contribution in [1.29, 1.82) is 0 Å². The van der Waals surface area contributed by atoms with E-state index in [-0.39, 0.29) is 42.7 Å². The summed E-state index contributed by atoms with van der Waals surface area (Å²) in [5.74, 6) is 0.987. The summed E-state index contributed by atoms with van der Waals surface area (Å²) in [5.41, 5.74) is 2.00.